The van der Waals surface area contributed by atoms with Crippen molar-refractivity contribution in [1.29, 1.82) is 0 Å². The van der Waals surface area contributed by atoms with Crippen LogP contribution >= 0.6 is 0 Å². The van der Waals surface area contributed by atoms with E-state index in [1.807, 2.05) is 0 Å². The molecule has 1 aliphatic heterocycles. The van der Waals surface area contributed by atoms with Gasteiger partial charge in [-0.2, -0.15) is 0 Å². The van der Waals surface area contributed by atoms with Gasteiger partial charge in [-0.15, -0.1) is 0 Å². The van der Waals surface area contributed by atoms with Crippen LogP contribution in [0.4, 0.5) is 0 Å². The fourth-order valence-electron chi connectivity index (χ4n) is 3.59. The SMILES string of the molecule is c1ccc([C@@H]2CCN(CCNC3CCCC3)C2)cc1. The lowest BCUT2D eigenvalue weighted by molar-refractivity contribution is 0.323. The third kappa shape index (κ3) is 3.58. The molecule has 1 N–H and O–H groups in total. The average Bonchev–Trinajstić information content (AvgIpc) is 3.11. The van der Waals surface area contributed by atoms with Gasteiger partial charge in [0.1, 0.15) is 0 Å². The number of nitrogens with one attached hydrogen (secondary N) is 1. The zero-order valence-corrected chi connectivity index (χ0v) is 11.9. The molecule has 1 saturated heterocycles. The summed E-state index contributed by atoms with van der Waals surface area (Å²) in [5, 5.41) is 3.72. The summed E-state index contributed by atoms with van der Waals surface area (Å²) < 4.78 is 0. The second kappa shape index (κ2) is 6.53. The zero-order valence-electron chi connectivity index (χ0n) is 11.9. The van der Waals surface area contributed by atoms with Gasteiger partial charge in [0, 0.05) is 25.7 Å². The quantitative estimate of drug-likeness (QED) is 0.873. The molecule has 2 heteroatoms. The lowest BCUT2D eigenvalue weighted by Crippen LogP contribution is -2.35. The minimum atomic E-state index is 0.757. The fourth-order valence-corrected chi connectivity index (χ4v) is 3.59. The largest absolute Gasteiger partial charge is 0.313 e. The topological polar surface area (TPSA) is 15.3 Å². The highest BCUT2D eigenvalue weighted by Crippen LogP contribution is 2.26. The maximum atomic E-state index is 3.72. The van der Waals surface area contributed by atoms with Crippen molar-refractivity contribution in [2.45, 2.75) is 44.1 Å². The highest BCUT2D eigenvalue weighted by atomic mass is 15.2. The third-order valence-corrected chi connectivity index (χ3v) is 4.76. The number of hydrogen-bond donors (Lipinski definition) is 1. The van der Waals surface area contributed by atoms with Gasteiger partial charge in [-0.25, -0.2) is 0 Å². The number of nitrogens with zero attached hydrogens (tertiary/aromatic N) is 1. The molecule has 3 rings (SSSR count). The van der Waals surface area contributed by atoms with Gasteiger partial charge >= 0.3 is 0 Å². The van der Waals surface area contributed by atoms with E-state index in [2.05, 4.69) is 40.5 Å². The highest BCUT2D eigenvalue weighted by molar-refractivity contribution is 5.20. The van der Waals surface area contributed by atoms with Gasteiger partial charge < -0.3 is 10.2 Å². The molecule has 2 aliphatic rings. The van der Waals surface area contributed by atoms with Gasteiger partial charge in [0.2, 0.25) is 0 Å². The number of rotatable bonds is 5. The summed E-state index contributed by atoms with van der Waals surface area (Å²) >= 11 is 0. The first kappa shape index (κ1) is 13.1. The molecule has 0 amide bonds. The van der Waals surface area contributed by atoms with E-state index in [0.29, 0.717) is 0 Å². The van der Waals surface area contributed by atoms with Gasteiger partial charge in [-0.3, -0.25) is 0 Å². The summed E-state index contributed by atoms with van der Waals surface area (Å²) in [5.41, 5.74) is 1.52. The van der Waals surface area contributed by atoms with Crippen LogP contribution < -0.4 is 5.32 Å². The van der Waals surface area contributed by atoms with Crippen LogP contribution in [0.1, 0.15) is 43.6 Å². The Balaban J connectivity index is 1.39. The van der Waals surface area contributed by atoms with E-state index in [4.69, 9.17) is 0 Å². The molecule has 1 heterocycles. The first-order valence-electron chi connectivity index (χ1n) is 7.92. The van der Waals surface area contributed by atoms with E-state index in [1.54, 1.807) is 0 Å². The Morgan fingerprint density at radius 3 is 2.63 bits per heavy atom. The van der Waals surface area contributed by atoms with Crippen molar-refractivity contribution in [2.24, 2.45) is 0 Å². The Hall–Kier alpha value is -0.860. The van der Waals surface area contributed by atoms with Crippen molar-refractivity contribution in [1.82, 2.24) is 10.2 Å². The third-order valence-electron chi connectivity index (χ3n) is 4.76. The molecule has 1 aromatic carbocycles. The minimum Gasteiger partial charge on any atom is -0.313 e. The Labute approximate surface area is 117 Å². The second-order valence-corrected chi connectivity index (χ2v) is 6.13. The van der Waals surface area contributed by atoms with Crippen molar-refractivity contribution in [2.75, 3.05) is 26.2 Å². The summed E-state index contributed by atoms with van der Waals surface area (Å²) in [7, 11) is 0. The summed E-state index contributed by atoms with van der Waals surface area (Å²) in [6.45, 7) is 4.91. The van der Waals surface area contributed by atoms with E-state index in [0.717, 1.165) is 12.0 Å². The van der Waals surface area contributed by atoms with Crippen LogP contribution in [-0.2, 0) is 0 Å². The first-order chi connectivity index (χ1) is 9.42. The Bertz CT molecular complexity index is 370. The molecule has 1 atom stereocenters. The van der Waals surface area contributed by atoms with E-state index >= 15 is 0 Å². The summed E-state index contributed by atoms with van der Waals surface area (Å²) in [6, 6.07) is 11.8. The van der Waals surface area contributed by atoms with Crippen LogP contribution in [0.2, 0.25) is 0 Å². The van der Waals surface area contributed by atoms with Crippen molar-refractivity contribution >= 4 is 0 Å². The van der Waals surface area contributed by atoms with Crippen molar-refractivity contribution in [3.63, 3.8) is 0 Å². The zero-order chi connectivity index (χ0) is 12.9. The van der Waals surface area contributed by atoms with Crippen LogP contribution in [-0.4, -0.2) is 37.1 Å². The van der Waals surface area contributed by atoms with Gasteiger partial charge in [0.25, 0.3) is 0 Å². The van der Waals surface area contributed by atoms with Gasteiger partial charge in [0.05, 0.1) is 0 Å². The molecular weight excluding hydrogens is 232 g/mol. The highest BCUT2D eigenvalue weighted by Gasteiger charge is 2.23. The molecule has 0 spiro atoms. The van der Waals surface area contributed by atoms with Crippen molar-refractivity contribution in [3.05, 3.63) is 35.9 Å². The molecular formula is C17H26N2. The van der Waals surface area contributed by atoms with Crippen LogP contribution in [0.5, 0.6) is 0 Å². The first-order valence-corrected chi connectivity index (χ1v) is 7.92. The Kier molecular flexibility index (Phi) is 4.52. The normalized spacial score (nSPS) is 25.2. The Morgan fingerprint density at radius 2 is 1.84 bits per heavy atom. The monoisotopic (exact) mass is 258 g/mol. The summed E-state index contributed by atoms with van der Waals surface area (Å²) in [6.07, 6.45) is 6.97. The van der Waals surface area contributed by atoms with E-state index in [-0.39, 0.29) is 0 Å². The van der Waals surface area contributed by atoms with Crippen LogP contribution in [0.3, 0.4) is 0 Å². The van der Waals surface area contributed by atoms with Gasteiger partial charge in [0.15, 0.2) is 0 Å². The molecule has 0 radical (unpaired) electrons. The van der Waals surface area contributed by atoms with E-state index < -0.39 is 0 Å². The van der Waals surface area contributed by atoms with Crippen molar-refractivity contribution in [3.8, 4) is 0 Å². The predicted octanol–water partition coefficient (Wildman–Crippen LogP) is 3.01. The molecule has 1 saturated carbocycles. The maximum absolute atomic E-state index is 3.72. The number of benzene rings is 1. The maximum Gasteiger partial charge on any atom is 0.0107 e. The lowest BCUT2D eigenvalue weighted by atomic mass is 9.99. The summed E-state index contributed by atoms with van der Waals surface area (Å²) in [5.74, 6) is 0.757. The average molecular weight is 258 g/mol. The predicted molar refractivity (Wildman–Crippen MR) is 80.5 cm³/mol. The van der Waals surface area contributed by atoms with E-state index in [1.165, 1.54) is 63.8 Å². The molecule has 104 valence electrons. The molecule has 0 unspecified atom stereocenters. The number of likely N-dealkylation sites (tertiary alicyclic amines) is 1. The minimum absolute atomic E-state index is 0.757. The van der Waals surface area contributed by atoms with E-state index in [9.17, 15) is 0 Å². The molecule has 2 fully saturated rings. The summed E-state index contributed by atoms with van der Waals surface area (Å²) in [4.78, 5) is 2.62. The van der Waals surface area contributed by atoms with Crippen LogP contribution in [0.15, 0.2) is 30.3 Å². The van der Waals surface area contributed by atoms with Crippen LogP contribution in [0, 0.1) is 0 Å². The van der Waals surface area contributed by atoms with Crippen molar-refractivity contribution < 1.29 is 0 Å². The van der Waals surface area contributed by atoms with Gasteiger partial charge in [-0.05, 0) is 37.3 Å². The Morgan fingerprint density at radius 1 is 1.05 bits per heavy atom. The second-order valence-electron chi connectivity index (χ2n) is 6.13. The van der Waals surface area contributed by atoms with Gasteiger partial charge in [-0.1, -0.05) is 43.2 Å². The smallest absolute Gasteiger partial charge is 0.0107 e. The number of hydrogen-bond acceptors (Lipinski definition) is 2. The van der Waals surface area contributed by atoms with Crippen LogP contribution in [0.25, 0.3) is 0 Å². The standard InChI is InChI=1S/C17H26N2/c1-2-6-15(7-3-1)16-10-12-19(14-16)13-11-18-17-8-4-5-9-17/h1-3,6-7,16-18H,4-5,8-14H2/t16-/m1/s1. The molecule has 0 aromatic heterocycles. The molecule has 1 aliphatic carbocycles. The molecule has 2 nitrogen and oxygen atoms in total. The molecule has 1 aromatic rings. The fraction of sp³-hybridized carbons (Fsp3) is 0.647. The molecule has 0 bridgehead atoms. The lowest BCUT2D eigenvalue weighted by Gasteiger charge is -2.18. The molecule has 19 heavy (non-hydrogen) atoms.